The molecule has 0 aliphatic carbocycles. The molecule has 1 rings (SSSR count). The number of alkyl carbamates (subject to hydrolysis) is 1. The molecule has 0 unspecified atom stereocenters. The molecule has 0 radical (unpaired) electrons. The van der Waals surface area contributed by atoms with Crippen LogP contribution in [0.3, 0.4) is 0 Å². The van der Waals surface area contributed by atoms with Crippen LogP contribution in [0.15, 0.2) is 30.3 Å². The predicted molar refractivity (Wildman–Crippen MR) is 98.2 cm³/mol. The van der Waals surface area contributed by atoms with E-state index in [1.165, 1.54) is 11.8 Å². The lowest BCUT2D eigenvalue weighted by molar-refractivity contribution is -0.147. The lowest BCUT2D eigenvalue weighted by Gasteiger charge is -2.18. The summed E-state index contributed by atoms with van der Waals surface area (Å²) in [5, 5.41) is 1.74. The van der Waals surface area contributed by atoms with Crippen LogP contribution in [0.1, 0.15) is 25.8 Å². The zero-order chi connectivity index (χ0) is 17.1. The van der Waals surface area contributed by atoms with Crippen LogP contribution in [0, 0.1) is 0 Å². The van der Waals surface area contributed by atoms with Crippen molar-refractivity contribution in [2.45, 2.75) is 38.4 Å². The topological polar surface area (TPSA) is 90.6 Å². The van der Waals surface area contributed by atoms with Crippen LogP contribution in [-0.2, 0) is 20.9 Å². The van der Waals surface area contributed by atoms with E-state index in [1.54, 1.807) is 13.8 Å². The summed E-state index contributed by atoms with van der Waals surface area (Å²) < 4.78 is 10.3. The van der Waals surface area contributed by atoms with E-state index in [0.717, 1.165) is 12.0 Å². The van der Waals surface area contributed by atoms with Gasteiger partial charge in [0.25, 0.3) is 0 Å². The lowest BCUT2D eigenvalue weighted by Crippen LogP contribution is -2.40. The molecule has 1 atom stereocenters. The highest BCUT2D eigenvalue weighted by atomic mass is 35.5. The van der Waals surface area contributed by atoms with Crippen LogP contribution < -0.4 is 11.1 Å². The number of nitrogens with one attached hydrogen (secondary N) is 1. The van der Waals surface area contributed by atoms with Gasteiger partial charge in [0.05, 0.1) is 6.10 Å². The van der Waals surface area contributed by atoms with Crippen molar-refractivity contribution < 1.29 is 19.1 Å². The fourth-order valence-electron chi connectivity index (χ4n) is 1.62. The van der Waals surface area contributed by atoms with Gasteiger partial charge in [-0.3, -0.25) is 5.32 Å². The number of thioether (sulfide) groups is 1. The Bertz CT molecular complexity index is 488. The summed E-state index contributed by atoms with van der Waals surface area (Å²) >= 11 is 1.28. The van der Waals surface area contributed by atoms with E-state index in [2.05, 4.69) is 5.32 Å². The van der Waals surface area contributed by atoms with Gasteiger partial charge in [-0.1, -0.05) is 30.3 Å². The molecule has 1 aromatic rings. The van der Waals surface area contributed by atoms with E-state index in [1.807, 2.05) is 30.3 Å². The molecule has 24 heavy (non-hydrogen) atoms. The SMILES string of the molecule is CC(C)OC(=O)[C@@H](NC(=O)OCc1ccccc1)SCCCN.Cl. The van der Waals surface area contributed by atoms with E-state index in [0.29, 0.717) is 12.3 Å². The molecule has 0 fully saturated rings. The number of carbonyl (C=O) groups excluding carboxylic acids is 2. The Morgan fingerprint density at radius 3 is 2.50 bits per heavy atom. The number of rotatable bonds is 9. The van der Waals surface area contributed by atoms with E-state index in [4.69, 9.17) is 15.2 Å². The summed E-state index contributed by atoms with van der Waals surface area (Å²) in [6.07, 6.45) is -0.154. The molecule has 8 heteroatoms. The molecule has 0 saturated heterocycles. The second-order valence-electron chi connectivity index (χ2n) is 5.08. The first kappa shape index (κ1) is 22.6. The summed E-state index contributed by atoms with van der Waals surface area (Å²) in [5.41, 5.74) is 6.32. The predicted octanol–water partition coefficient (Wildman–Crippen LogP) is 2.69. The minimum atomic E-state index is -0.799. The molecule has 6 nitrogen and oxygen atoms in total. The summed E-state index contributed by atoms with van der Waals surface area (Å²) in [6.45, 7) is 4.18. The summed E-state index contributed by atoms with van der Waals surface area (Å²) in [4.78, 5) is 23.9. The van der Waals surface area contributed by atoms with Gasteiger partial charge in [0.1, 0.15) is 6.61 Å². The molecule has 3 N–H and O–H groups in total. The number of esters is 1. The van der Waals surface area contributed by atoms with Crippen molar-refractivity contribution in [2.24, 2.45) is 5.73 Å². The minimum Gasteiger partial charge on any atom is -0.461 e. The average Bonchev–Trinajstić information content (AvgIpc) is 2.52. The van der Waals surface area contributed by atoms with Crippen LogP contribution in [0.2, 0.25) is 0 Å². The van der Waals surface area contributed by atoms with Crippen LogP contribution in [0.4, 0.5) is 4.79 Å². The number of nitrogens with two attached hydrogens (primary N) is 1. The smallest absolute Gasteiger partial charge is 0.408 e. The summed E-state index contributed by atoms with van der Waals surface area (Å²) in [5.74, 6) is 0.159. The van der Waals surface area contributed by atoms with E-state index in [9.17, 15) is 9.59 Å². The van der Waals surface area contributed by atoms with E-state index < -0.39 is 17.4 Å². The second kappa shape index (κ2) is 12.9. The molecule has 0 spiro atoms. The van der Waals surface area contributed by atoms with E-state index in [-0.39, 0.29) is 25.1 Å². The van der Waals surface area contributed by atoms with Crippen molar-refractivity contribution in [3.63, 3.8) is 0 Å². The third kappa shape index (κ3) is 9.64. The Balaban J connectivity index is 0.00000529. The first-order chi connectivity index (χ1) is 11.0. The van der Waals surface area contributed by atoms with Crippen molar-refractivity contribution in [3.05, 3.63) is 35.9 Å². The Morgan fingerprint density at radius 1 is 1.25 bits per heavy atom. The second-order valence-corrected chi connectivity index (χ2v) is 6.30. The monoisotopic (exact) mass is 376 g/mol. The first-order valence-electron chi connectivity index (χ1n) is 7.52. The Morgan fingerprint density at radius 2 is 1.92 bits per heavy atom. The maximum Gasteiger partial charge on any atom is 0.408 e. The molecular weight excluding hydrogens is 352 g/mol. The molecule has 1 aromatic carbocycles. The molecule has 0 aromatic heterocycles. The van der Waals surface area contributed by atoms with Crippen LogP contribution in [0.25, 0.3) is 0 Å². The normalized spacial score (nSPS) is 11.3. The highest BCUT2D eigenvalue weighted by molar-refractivity contribution is 8.00. The maximum atomic E-state index is 12.0. The fraction of sp³-hybridized carbons (Fsp3) is 0.500. The van der Waals surface area contributed by atoms with Gasteiger partial charge >= 0.3 is 12.1 Å². The molecule has 0 heterocycles. The number of hydrogen-bond acceptors (Lipinski definition) is 6. The Hall–Kier alpha value is -1.44. The van der Waals surface area contributed by atoms with Crippen LogP contribution >= 0.6 is 24.2 Å². The number of benzene rings is 1. The quantitative estimate of drug-likeness (QED) is 0.391. The summed E-state index contributed by atoms with van der Waals surface area (Å²) in [6, 6.07) is 9.32. The number of amides is 1. The number of hydrogen-bond donors (Lipinski definition) is 2. The van der Waals surface area contributed by atoms with E-state index >= 15 is 0 Å². The van der Waals surface area contributed by atoms with Gasteiger partial charge in [0.2, 0.25) is 0 Å². The lowest BCUT2D eigenvalue weighted by atomic mass is 10.2. The van der Waals surface area contributed by atoms with Gasteiger partial charge in [0, 0.05) is 0 Å². The molecule has 136 valence electrons. The Labute approximate surface area is 153 Å². The molecule has 0 saturated carbocycles. The van der Waals surface area contributed by atoms with Crippen molar-refractivity contribution in [3.8, 4) is 0 Å². The third-order valence-electron chi connectivity index (χ3n) is 2.66. The number of halogens is 1. The fourth-order valence-corrected chi connectivity index (χ4v) is 2.56. The van der Waals surface area contributed by atoms with Crippen LogP contribution in [-0.4, -0.2) is 35.8 Å². The maximum absolute atomic E-state index is 12.0. The molecule has 0 aliphatic rings. The molecule has 1 amide bonds. The van der Waals surface area contributed by atoms with Gasteiger partial charge in [-0.15, -0.1) is 24.2 Å². The molecule has 0 bridgehead atoms. The third-order valence-corrected chi connectivity index (χ3v) is 3.83. The van der Waals surface area contributed by atoms with Crippen molar-refractivity contribution in [2.75, 3.05) is 12.3 Å². The highest BCUT2D eigenvalue weighted by Gasteiger charge is 2.24. The number of carbonyl (C=O) groups is 2. The van der Waals surface area contributed by atoms with Crippen molar-refractivity contribution in [1.82, 2.24) is 5.32 Å². The van der Waals surface area contributed by atoms with Gasteiger partial charge in [-0.2, -0.15) is 0 Å². The molecular formula is C16H25ClN2O4S. The summed E-state index contributed by atoms with van der Waals surface area (Å²) in [7, 11) is 0. The van der Waals surface area contributed by atoms with Crippen LogP contribution in [0.5, 0.6) is 0 Å². The van der Waals surface area contributed by atoms with Crippen molar-refractivity contribution in [1.29, 1.82) is 0 Å². The van der Waals surface area contributed by atoms with Crippen molar-refractivity contribution >= 4 is 36.2 Å². The largest absolute Gasteiger partial charge is 0.461 e. The zero-order valence-corrected chi connectivity index (χ0v) is 15.5. The number of ether oxygens (including phenoxy) is 2. The standard InChI is InChI=1S/C16H24N2O4S.ClH/c1-12(2)22-15(19)14(23-10-6-9-17)18-16(20)21-11-13-7-4-3-5-8-13;/h3-5,7-8,12,14H,6,9-11,17H2,1-2H3,(H,18,20);1H/t14-;/m0./s1. The van der Waals surface area contributed by atoms with Gasteiger partial charge < -0.3 is 15.2 Å². The Kier molecular flexibility index (Phi) is 12.1. The average molecular weight is 377 g/mol. The molecule has 0 aliphatic heterocycles. The highest BCUT2D eigenvalue weighted by Crippen LogP contribution is 2.13. The van der Waals surface area contributed by atoms with Gasteiger partial charge in [-0.25, -0.2) is 9.59 Å². The van der Waals surface area contributed by atoms with Gasteiger partial charge in [0.15, 0.2) is 5.37 Å². The van der Waals surface area contributed by atoms with Gasteiger partial charge in [-0.05, 0) is 38.1 Å². The first-order valence-corrected chi connectivity index (χ1v) is 8.57. The minimum absolute atomic E-state index is 0. The zero-order valence-electron chi connectivity index (χ0n) is 13.9.